The minimum atomic E-state index is -0.357. The van der Waals surface area contributed by atoms with Crippen LogP contribution in [0.15, 0.2) is 24.4 Å². The minimum Gasteiger partial charge on any atom is -0.490 e. The molecule has 2 aliphatic rings. The van der Waals surface area contributed by atoms with E-state index in [2.05, 4.69) is 15.7 Å². The van der Waals surface area contributed by atoms with Gasteiger partial charge in [-0.2, -0.15) is 5.10 Å². The summed E-state index contributed by atoms with van der Waals surface area (Å²) in [6, 6.07) is 4.90. The van der Waals surface area contributed by atoms with Crippen LogP contribution in [0.5, 0.6) is 5.75 Å². The highest BCUT2D eigenvalue weighted by Gasteiger charge is 2.39. The van der Waals surface area contributed by atoms with Gasteiger partial charge in [0.2, 0.25) is 11.8 Å². The highest BCUT2D eigenvalue weighted by atomic mass is 16.5. The number of nitrogens with one attached hydrogen (secondary N) is 2. The van der Waals surface area contributed by atoms with Crippen molar-refractivity contribution in [1.29, 1.82) is 0 Å². The number of anilines is 2. The summed E-state index contributed by atoms with van der Waals surface area (Å²) in [6.45, 7) is 5.72. The van der Waals surface area contributed by atoms with Gasteiger partial charge < -0.3 is 25.0 Å². The Morgan fingerprint density at radius 1 is 1.20 bits per heavy atom. The summed E-state index contributed by atoms with van der Waals surface area (Å²) in [5, 5.41) is 9.97. The number of amides is 3. The predicted molar refractivity (Wildman–Crippen MR) is 130 cm³/mol. The molecule has 2 aliphatic heterocycles. The lowest BCUT2D eigenvalue weighted by atomic mass is 9.94. The topological polar surface area (TPSA) is 115 Å². The average Bonchev–Trinajstić information content (AvgIpc) is 3.12. The number of aromatic nitrogens is 2. The molecule has 10 nitrogen and oxygen atoms in total. The van der Waals surface area contributed by atoms with Crippen molar-refractivity contribution in [2.45, 2.75) is 58.3 Å². The van der Waals surface area contributed by atoms with Crippen molar-refractivity contribution in [2.75, 3.05) is 24.3 Å². The van der Waals surface area contributed by atoms with E-state index in [9.17, 15) is 14.4 Å². The monoisotopic (exact) mass is 483 g/mol. The first-order valence-electron chi connectivity index (χ1n) is 11.9. The number of ether oxygens (including phenoxy) is 2. The summed E-state index contributed by atoms with van der Waals surface area (Å²) in [6.07, 6.45) is 2.70. The van der Waals surface area contributed by atoms with E-state index in [1.54, 1.807) is 48.1 Å². The number of nitrogens with zero attached hydrogens (tertiary/aromatic N) is 3. The van der Waals surface area contributed by atoms with Crippen molar-refractivity contribution in [3.05, 3.63) is 35.7 Å². The number of hydrogen-bond donors (Lipinski definition) is 2. The largest absolute Gasteiger partial charge is 0.490 e. The lowest BCUT2D eigenvalue weighted by molar-refractivity contribution is -0.130. The molecule has 1 aromatic heterocycles. The predicted octanol–water partition coefficient (Wildman–Crippen LogP) is 2.73. The van der Waals surface area contributed by atoms with Gasteiger partial charge in [-0.15, -0.1) is 0 Å². The molecule has 0 bridgehead atoms. The molecule has 3 atom stereocenters. The molecule has 3 heterocycles. The zero-order valence-electron chi connectivity index (χ0n) is 20.8. The van der Waals surface area contributed by atoms with Crippen molar-refractivity contribution in [3.8, 4) is 5.75 Å². The molecule has 1 aromatic carbocycles. The van der Waals surface area contributed by atoms with E-state index in [1.165, 1.54) is 0 Å². The fourth-order valence-corrected chi connectivity index (χ4v) is 4.52. The van der Waals surface area contributed by atoms with Gasteiger partial charge in [-0.25, -0.2) is 0 Å². The molecule has 188 valence electrons. The van der Waals surface area contributed by atoms with E-state index in [0.29, 0.717) is 35.5 Å². The van der Waals surface area contributed by atoms with Crippen LogP contribution in [0.3, 0.4) is 0 Å². The Labute approximate surface area is 204 Å². The summed E-state index contributed by atoms with van der Waals surface area (Å²) >= 11 is 0. The lowest BCUT2D eigenvalue weighted by Gasteiger charge is -2.42. The van der Waals surface area contributed by atoms with Gasteiger partial charge in [-0.05, 0) is 38.0 Å². The van der Waals surface area contributed by atoms with E-state index >= 15 is 0 Å². The Morgan fingerprint density at radius 2 is 1.97 bits per heavy atom. The van der Waals surface area contributed by atoms with Crippen LogP contribution in [0.2, 0.25) is 0 Å². The summed E-state index contributed by atoms with van der Waals surface area (Å²) < 4.78 is 13.9. The quantitative estimate of drug-likeness (QED) is 0.676. The zero-order chi connectivity index (χ0) is 25.3. The Hall–Kier alpha value is -3.40. The molecule has 35 heavy (non-hydrogen) atoms. The number of aryl methyl sites for hydroxylation is 2. The normalized spacial score (nSPS) is 21.9. The van der Waals surface area contributed by atoms with Gasteiger partial charge in [0.1, 0.15) is 18.5 Å². The van der Waals surface area contributed by atoms with Crippen LogP contribution in [-0.2, 0) is 21.4 Å². The Kier molecular flexibility index (Phi) is 7.11. The number of rotatable bonds is 5. The first-order valence-corrected chi connectivity index (χ1v) is 11.9. The SMILES string of the molecule is Cc1nn(C)cc1NC(=O)C[C@@H]1CC[C@H]2[C@H](COc3ccc(NC(=O)C(C)C)cc3C(=O)N2C)O1. The van der Waals surface area contributed by atoms with Crippen LogP contribution in [0.1, 0.15) is 49.2 Å². The van der Waals surface area contributed by atoms with Gasteiger partial charge in [-0.3, -0.25) is 19.1 Å². The Bertz CT molecular complexity index is 1130. The second-order valence-corrected chi connectivity index (χ2v) is 9.58. The molecule has 0 aliphatic carbocycles. The first-order chi connectivity index (χ1) is 16.6. The van der Waals surface area contributed by atoms with Crippen LogP contribution in [0.4, 0.5) is 11.4 Å². The van der Waals surface area contributed by atoms with Crippen molar-refractivity contribution in [2.24, 2.45) is 13.0 Å². The van der Waals surface area contributed by atoms with E-state index in [4.69, 9.17) is 9.47 Å². The summed E-state index contributed by atoms with van der Waals surface area (Å²) in [5.74, 6) is -0.176. The average molecular weight is 484 g/mol. The van der Waals surface area contributed by atoms with Gasteiger partial charge in [0, 0.05) is 31.9 Å². The van der Waals surface area contributed by atoms with Crippen LogP contribution in [0, 0.1) is 12.8 Å². The van der Waals surface area contributed by atoms with Crippen LogP contribution < -0.4 is 15.4 Å². The van der Waals surface area contributed by atoms with Gasteiger partial charge in [-0.1, -0.05) is 13.8 Å². The third-order valence-electron chi connectivity index (χ3n) is 6.50. The second-order valence-electron chi connectivity index (χ2n) is 9.58. The van der Waals surface area contributed by atoms with Gasteiger partial charge in [0.25, 0.3) is 5.91 Å². The molecular weight excluding hydrogens is 450 g/mol. The van der Waals surface area contributed by atoms with Crippen molar-refractivity contribution < 1.29 is 23.9 Å². The number of benzene rings is 1. The third kappa shape index (κ3) is 5.48. The highest BCUT2D eigenvalue weighted by molar-refractivity contribution is 6.00. The number of hydrogen-bond acceptors (Lipinski definition) is 6. The second kappa shape index (κ2) is 10.1. The van der Waals surface area contributed by atoms with Crippen LogP contribution >= 0.6 is 0 Å². The maximum atomic E-state index is 13.3. The number of fused-ring (bicyclic) bond motifs is 2. The molecule has 0 spiro atoms. The highest BCUT2D eigenvalue weighted by Crippen LogP contribution is 2.32. The molecule has 2 N–H and O–H groups in total. The van der Waals surface area contributed by atoms with E-state index in [0.717, 1.165) is 5.69 Å². The van der Waals surface area contributed by atoms with Crippen molar-refractivity contribution in [3.63, 3.8) is 0 Å². The number of carbonyl (C=O) groups is 3. The van der Waals surface area contributed by atoms with Crippen LogP contribution in [-0.4, -0.2) is 64.3 Å². The van der Waals surface area contributed by atoms with E-state index in [1.807, 2.05) is 20.8 Å². The summed E-state index contributed by atoms with van der Waals surface area (Å²) in [7, 11) is 3.57. The smallest absolute Gasteiger partial charge is 0.257 e. The molecular formula is C25H33N5O5. The Morgan fingerprint density at radius 3 is 2.66 bits per heavy atom. The zero-order valence-corrected chi connectivity index (χ0v) is 20.8. The molecule has 4 rings (SSSR count). The molecule has 1 fully saturated rings. The molecule has 1 saturated heterocycles. The third-order valence-corrected chi connectivity index (χ3v) is 6.50. The van der Waals surface area contributed by atoms with E-state index in [-0.39, 0.29) is 54.9 Å². The number of carbonyl (C=O) groups excluding carboxylic acids is 3. The molecule has 0 unspecified atom stereocenters. The molecule has 2 aromatic rings. The van der Waals surface area contributed by atoms with Gasteiger partial charge in [0.05, 0.1) is 35.5 Å². The maximum Gasteiger partial charge on any atom is 0.257 e. The summed E-state index contributed by atoms with van der Waals surface area (Å²) in [5.41, 5.74) is 2.40. The van der Waals surface area contributed by atoms with Gasteiger partial charge >= 0.3 is 0 Å². The fourth-order valence-electron chi connectivity index (χ4n) is 4.52. The minimum absolute atomic E-state index is 0.118. The number of likely N-dealkylation sites (N-methyl/N-ethyl adjacent to an activating group) is 1. The first kappa shape index (κ1) is 24.7. The molecule has 0 radical (unpaired) electrons. The van der Waals surface area contributed by atoms with Gasteiger partial charge in [0.15, 0.2) is 0 Å². The lowest BCUT2D eigenvalue weighted by Crippen LogP contribution is -2.53. The standard InChI is InChI=1S/C25H33N5O5/c1-14(2)24(32)26-16-6-9-21-18(10-16)25(33)30(5)20-8-7-17(35-22(20)13-34-21)11-23(31)27-19-12-29(4)28-15(19)3/h6,9-10,12,14,17,20,22H,7-8,11,13H2,1-5H3,(H,26,32)(H,27,31)/t17-,20-,22-/m0/s1. The Balaban J connectivity index is 1.43. The van der Waals surface area contributed by atoms with E-state index < -0.39 is 0 Å². The van der Waals surface area contributed by atoms with Crippen LogP contribution in [0.25, 0.3) is 0 Å². The molecule has 0 saturated carbocycles. The van der Waals surface area contributed by atoms with Crippen molar-refractivity contribution >= 4 is 29.1 Å². The summed E-state index contributed by atoms with van der Waals surface area (Å²) in [4.78, 5) is 39.7. The molecule has 3 amide bonds. The van der Waals surface area contributed by atoms with Crippen molar-refractivity contribution in [1.82, 2.24) is 14.7 Å². The molecule has 10 heteroatoms. The fraction of sp³-hybridized carbons (Fsp3) is 0.520. The maximum absolute atomic E-state index is 13.3.